The summed E-state index contributed by atoms with van der Waals surface area (Å²) in [6, 6.07) is 17.8. The molecule has 0 amide bonds. The van der Waals surface area contributed by atoms with Crippen molar-refractivity contribution in [1.82, 2.24) is 14.1 Å². The van der Waals surface area contributed by atoms with E-state index in [1.807, 2.05) is 24.4 Å². The van der Waals surface area contributed by atoms with Crippen LogP contribution in [-0.4, -0.2) is 28.8 Å². The summed E-state index contributed by atoms with van der Waals surface area (Å²) >= 11 is 0. The molecule has 0 atom stereocenters. The van der Waals surface area contributed by atoms with E-state index in [1.54, 1.807) is 0 Å². The number of hydrogen-bond donors (Lipinski definition) is 0. The summed E-state index contributed by atoms with van der Waals surface area (Å²) in [6.07, 6.45) is 8.20. The molecule has 4 aromatic rings. The first kappa shape index (κ1) is 18.7. The van der Waals surface area contributed by atoms with Gasteiger partial charge in [0.05, 0.1) is 11.1 Å². The van der Waals surface area contributed by atoms with E-state index in [9.17, 15) is 0 Å². The van der Waals surface area contributed by atoms with E-state index >= 15 is 0 Å². The maximum atomic E-state index is 6.03. The van der Waals surface area contributed by atoms with Crippen molar-refractivity contribution >= 4 is 19.1 Å². The molecule has 0 spiro atoms. The van der Waals surface area contributed by atoms with Crippen molar-refractivity contribution in [3.8, 4) is 16.8 Å². The predicted octanol–water partition coefficient (Wildman–Crippen LogP) is 5.81. The third-order valence-corrected chi connectivity index (χ3v) is 6.63. The molecule has 0 aliphatic carbocycles. The van der Waals surface area contributed by atoms with Crippen molar-refractivity contribution in [3.05, 3.63) is 73.3 Å². The fourth-order valence-electron chi connectivity index (χ4n) is 3.39. The summed E-state index contributed by atoms with van der Waals surface area (Å²) in [6.45, 7) is 8.45. The minimum absolute atomic E-state index is 0.524. The first-order valence-electron chi connectivity index (χ1n) is 9.77. The second-order valence-corrected chi connectivity index (χ2v) is 14.0. The quantitative estimate of drug-likeness (QED) is 0.295. The van der Waals surface area contributed by atoms with Crippen molar-refractivity contribution in [1.29, 1.82) is 0 Å². The highest BCUT2D eigenvalue weighted by molar-refractivity contribution is 6.76. The van der Waals surface area contributed by atoms with E-state index in [1.165, 1.54) is 17.2 Å². The van der Waals surface area contributed by atoms with Gasteiger partial charge in [-0.15, -0.1) is 0 Å². The maximum absolute atomic E-state index is 6.03. The van der Waals surface area contributed by atoms with Gasteiger partial charge in [0.1, 0.15) is 12.4 Å². The van der Waals surface area contributed by atoms with Gasteiger partial charge >= 0.3 is 0 Å². The summed E-state index contributed by atoms with van der Waals surface area (Å²) in [7, 11) is -1.10. The number of pyridine rings is 1. The zero-order valence-electron chi connectivity index (χ0n) is 16.8. The summed E-state index contributed by atoms with van der Waals surface area (Å²) in [5.41, 5.74) is 4.46. The molecule has 5 heteroatoms. The van der Waals surface area contributed by atoms with Crippen molar-refractivity contribution in [3.63, 3.8) is 0 Å². The van der Waals surface area contributed by atoms with Gasteiger partial charge in [0.2, 0.25) is 0 Å². The van der Waals surface area contributed by atoms with Crippen molar-refractivity contribution < 1.29 is 4.74 Å². The molecule has 144 valence electrons. The SMILES string of the molecule is C[Si](C)(C)CCOCn1cc(-c2ccccc2)c2c(-n3cccc3)ccnc21. The van der Waals surface area contributed by atoms with Crippen LogP contribution in [0.5, 0.6) is 0 Å². The van der Waals surface area contributed by atoms with Crippen molar-refractivity contribution in [2.45, 2.75) is 32.4 Å². The first-order chi connectivity index (χ1) is 13.5. The number of benzene rings is 1. The predicted molar refractivity (Wildman–Crippen MR) is 119 cm³/mol. The van der Waals surface area contributed by atoms with Gasteiger partial charge in [-0.25, -0.2) is 4.98 Å². The summed E-state index contributed by atoms with van der Waals surface area (Å²) < 4.78 is 10.3. The molecule has 4 nitrogen and oxygen atoms in total. The van der Waals surface area contributed by atoms with Gasteiger partial charge < -0.3 is 13.9 Å². The molecule has 0 aliphatic rings. The molecule has 4 rings (SSSR count). The van der Waals surface area contributed by atoms with E-state index < -0.39 is 8.07 Å². The third-order valence-electron chi connectivity index (χ3n) is 4.93. The number of fused-ring (bicyclic) bond motifs is 1. The van der Waals surface area contributed by atoms with E-state index in [4.69, 9.17) is 9.72 Å². The van der Waals surface area contributed by atoms with Crippen LogP contribution in [0.25, 0.3) is 27.8 Å². The fourth-order valence-corrected chi connectivity index (χ4v) is 4.14. The number of hydrogen-bond acceptors (Lipinski definition) is 2. The maximum Gasteiger partial charge on any atom is 0.144 e. The van der Waals surface area contributed by atoms with Crippen molar-refractivity contribution in [2.75, 3.05) is 6.61 Å². The van der Waals surface area contributed by atoms with Crippen LogP contribution in [-0.2, 0) is 11.5 Å². The van der Waals surface area contributed by atoms with Crippen LogP contribution in [0.15, 0.2) is 73.3 Å². The Morgan fingerprint density at radius 3 is 2.43 bits per heavy atom. The van der Waals surface area contributed by atoms with Crippen LogP contribution in [0.4, 0.5) is 0 Å². The second-order valence-electron chi connectivity index (χ2n) is 8.35. The standard InChI is InChI=1S/C23H27N3OSi/c1-28(2,3)16-15-27-18-26-17-20(19-9-5-4-6-10-19)22-21(11-12-24-23(22)26)25-13-7-8-14-25/h4-14,17H,15-16,18H2,1-3H3. The zero-order chi connectivity index (χ0) is 19.6. The van der Waals surface area contributed by atoms with Crippen LogP contribution < -0.4 is 0 Å². The van der Waals surface area contributed by atoms with E-state index in [-0.39, 0.29) is 0 Å². The number of aromatic nitrogens is 3. The van der Waals surface area contributed by atoms with Gasteiger partial charge in [-0.1, -0.05) is 50.0 Å². The van der Waals surface area contributed by atoms with Gasteiger partial charge in [-0.05, 0) is 29.8 Å². The zero-order valence-corrected chi connectivity index (χ0v) is 17.8. The topological polar surface area (TPSA) is 32.0 Å². The molecule has 3 aromatic heterocycles. The number of nitrogens with zero attached hydrogens (tertiary/aromatic N) is 3. The molecule has 0 bridgehead atoms. The van der Waals surface area contributed by atoms with E-state index in [2.05, 4.69) is 77.7 Å². The summed E-state index contributed by atoms with van der Waals surface area (Å²) in [4.78, 5) is 4.70. The normalized spacial score (nSPS) is 12.0. The highest BCUT2D eigenvalue weighted by Crippen LogP contribution is 2.34. The lowest BCUT2D eigenvalue weighted by Gasteiger charge is -2.15. The molecular weight excluding hydrogens is 362 g/mol. The fraction of sp³-hybridized carbons (Fsp3) is 0.261. The lowest BCUT2D eigenvalue weighted by Crippen LogP contribution is -2.22. The smallest absolute Gasteiger partial charge is 0.144 e. The average Bonchev–Trinajstić information content (AvgIpc) is 3.33. The van der Waals surface area contributed by atoms with Gasteiger partial charge in [0.25, 0.3) is 0 Å². The molecule has 0 unspecified atom stereocenters. The van der Waals surface area contributed by atoms with Crippen LogP contribution in [0, 0.1) is 0 Å². The minimum atomic E-state index is -1.10. The van der Waals surface area contributed by atoms with Crippen LogP contribution >= 0.6 is 0 Å². The van der Waals surface area contributed by atoms with E-state index in [0.29, 0.717) is 6.73 Å². The first-order valence-corrected chi connectivity index (χ1v) is 13.5. The average molecular weight is 390 g/mol. The molecule has 0 aliphatic heterocycles. The molecule has 1 aromatic carbocycles. The van der Waals surface area contributed by atoms with Crippen LogP contribution in [0.1, 0.15) is 0 Å². The number of ether oxygens (including phenoxy) is 1. The molecule has 3 heterocycles. The molecule has 0 fully saturated rings. The van der Waals surface area contributed by atoms with Gasteiger partial charge in [-0.3, -0.25) is 0 Å². The Hall–Kier alpha value is -2.63. The number of rotatable bonds is 7. The highest BCUT2D eigenvalue weighted by atomic mass is 28.3. The molecule has 0 saturated heterocycles. The van der Waals surface area contributed by atoms with Crippen LogP contribution in [0.3, 0.4) is 0 Å². The third kappa shape index (κ3) is 3.95. The van der Waals surface area contributed by atoms with Crippen LogP contribution in [0.2, 0.25) is 25.7 Å². The van der Waals surface area contributed by atoms with Gasteiger partial charge in [0.15, 0.2) is 0 Å². The largest absolute Gasteiger partial charge is 0.361 e. The Labute approximate surface area is 167 Å². The molecule has 0 saturated carbocycles. The molecular formula is C23H27N3OSi. The summed E-state index contributed by atoms with van der Waals surface area (Å²) in [5.74, 6) is 0. The minimum Gasteiger partial charge on any atom is -0.361 e. The summed E-state index contributed by atoms with van der Waals surface area (Å²) in [5, 5.41) is 1.15. The molecule has 28 heavy (non-hydrogen) atoms. The Morgan fingerprint density at radius 1 is 0.964 bits per heavy atom. The van der Waals surface area contributed by atoms with E-state index in [0.717, 1.165) is 23.3 Å². The van der Waals surface area contributed by atoms with Gasteiger partial charge in [0, 0.05) is 45.0 Å². The molecule has 0 N–H and O–H groups in total. The Balaban J connectivity index is 1.76. The Morgan fingerprint density at radius 2 is 1.71 bits per heavy atom. The van der Waals surface area contributed by atoms with Crippen molar-refractivity contribution in [2.24, 2.45) is 0 Å². The molecule has 0 radical (unpaired) electrons. The highest BCUT2D eigenvalue weighted by Gasteiger charge is 2.17. The Bertz CT molecular complexity index is 1050. The lowest BCUT2D eigenvalue weighted by atomic mass is 10.1. The second kappa shape index (κ2) is 7.77. The van der Waals surface area contributed by atoms with Gasteiger partial charge in [-0.2, -0.15) is 0 Å². The Kier molecular flexibility index (Phi) is 5.20. The monoisotopic (exact) mass is 389 g/mol. The lowest BCUT2D eigenvalue weighted by molar-refractivity contribution is 0.0899.